The van der Waals surface area contributed by atoms with Gasteiger partial charge in [0, 0.05) is 0 Å². The molecular weight excluding hydrogens is 201 g/mol. The summed E-state index contributed by atoms with van der Waals surface area (Å²) in [5, 5.41) is 3.37. The monoisotopic (exact) mass is 221 g/mol. The molecule has 1 aliphatic heterocycles. The van der Waals surface area contributed by atoms with E-state index >= 15 is 0 Å². The molecule has 1 fully saturated rings. The summed E-state index contributed by atoms with van der Waals surface area (Å²) in [6.07, 6.45) is 4.39. The number of hydrogen-bond donors (Lipinski definition) is 1. The zero-order valence-corrected chi connectivity index (χ0v) is 9.93. The molecule has 0 aliphatic carbocycles. The van der Waals surface area contributed by atoms with E-state index in [1.165, 1.54) is 18.4 Å². The van der Waals surface area contributed by atoms with Crippen molar-refractivity contribution in [3.8, 4) is 0 Å². The molecule has 88 valence electrons. The molecule has 2 rings (SSSR count). The van der Waals surface area contributed by atoms with Gasteiger partial charge in [0.15, 0.2) is 0 Å². The van der Waals surface area contributed by atoms with Crippen LogP contribution in [-0.2, 0) is 12.8 Å². The first-order chi connectivity index (χ1) is 7.79. The average Bonchev–Trinajstić information content (AvgIpc) is 2.33. The minimum Gasteiger partial charge on any atom is -0.317 e. The van der Waals surface area contributed by atoms with E-state index < -0.39 is 0 Å². The van der Waals surface area contributed by atoms with Crippen LogP contribution >= 0.6 is 0 Å². The fourth-order valence-corrected chi connectivity index (χ4v) is 2.45. The Kier molecular flexibility index (Phi) is 3.94. The minimum atomic E-state index is -0.0587. The van der Waals surface area contributed by atoms with Crippen LogP contribution in [0.3, 0.4) is 0 Å². The number of halogens is 1. The molecule has 1 aliphatic rings. The maximum atomic E-state index is 13.3. The predicted molar refractivity (Wildman–Crippen MR) is 65.1 cm³/mol. The van der Waals surface area contributed by atoms with Crippen LogP contribution in [0.1, 0.15) is 30.9 Å². The van der Waals surface area contributed by atoms with Gasteiger partial charge >= 0.3 is 0 Å². The molecule has 1 aromatic rings. The second kappa shape index (κ2) is 5.44. The van der Waals surface area contributed by atoms with Gasteiger partial charge in [-0.2, -0.15) is 0 Å². The molecule has 16 heavy (non-hydrogen) atoms. The average molecular weight is 221 g/mol. The van der Waals surface area contributed by atoms with Gasteiger partial charge in [0.05, 0.1) is 0 Å². The van der Waals surface area contributed by atoms with Crippen molar-refractivity contribution in [3.05, 3.63) is 35.1 Å². The Balaban J connectivity index is 2.03. The molecule has 1 N–H and O–H groups in total. The van der Waals surface area contributed by atoms with Crippen molar-refractivity contribution in [2.24, 2.45) is 5.92 Å². The number of aryl methyl sites for hydroxylation is 1. The molecule has 1 nitrogen and oxygen atoms in total. The van der Waals surface area contributed by atoms with E-state index in [1.54, 1.807) is 6.07 Å². The van der Waals surface area contributed by atoms with Crippen molar-refractivity contribution in [2.75, 3.05) is 13.1 Å². The molecule has 0 atom stereocenters. The number of rotatable bonds is 3. The summed E-state index contributed by atoms with van der Waals surface area (Å²) in [5.41, 5.74) is 2.15. The summed E-state index contributed by atoms with van der Waals surface area (Å²) >= 11 is 0. The van der Waals surface area contributed by atoms with Gasteiger partial charge in [0.25, 0.3) is 0 Å². The summed E-state index contributed by atoms with van der Waals surface area (Å²) in [6.45, 7) is 4.27. The van der Waals surface area contributed by atoms with Gasteiger partial charge in [-0.15, -0.1) is 0 Å². The first kappa shape index (κ1) is 11.6. The Bertz CT molecular complexity index is 343. The molecule has 2 heteroatoms. The lowest BCUT2D eigenvalue weighted by Crippen LogP contribution is -2.28. The second-order valence-electron chi connectivity index (χ2n) is 4.68. The molecule has 0 amide bonds. The lowest BCUT2D eigenvalue weighted by atomic mass is 9.90. The summed E-state index contributed by atoms with van der Waals surface area (Å²) < 4.78 is 13.3. The molecule has 0 spiro atoms. The minimum absolute atomic E-state index is 0.0587. The van der Waals surface area contributed by atoms with E-state index in [0.717, 1.165) is 37.4 Å². The third-order valence-corrected chi connectivity index (χ3v) is 3.47. The first-order valence-corrected chi connectivity index (χ1v) is 6.27. The molecule has 1 saturated heterocycles. The van der Waals surface area contributed by atoms with E-state index in [4.69, 9.17) is 0 Å². The van der Waals surface area contributed by atoms with E-state index in [9.17, 15) is 4.39 Å². The zero-order chi connectivity index (χ0) is 11.4. The molecule has 0 radical (unpaired) electrons. The lowest BCUT2D eigenvalue weighted by Gasteiger charge is -2.22. The Hall–Kier alpha value is -0.890. The molecule has 0 saturated carbocycles. The maximum Gasteiger partial charge on any atom is 0.126 e. The summed E-state index contributed by atoms with van der Waals surface area (Å²) in [4.78, 5) is 0. The molecular formula is C14H20FN. The Labute approximate surface area is 97.1 Å². The van der Waals surface area contributed by atoms with Crippen LogP contribution in [0.4, 0.5) is 4.39 Å². The van der Waals surface area contributed by atoms with E-state index in [0.29, 0.717) is 0 Å². The largest absolute Gasteiger partial charge is 0.317 e. The predicted octanol–water partition coefficient (Wildman–Crippen LogP) is 2.93. The number of benzene rings is 1. The van der Waals surface area contributed by atoms with Crippen molar-refractivity contribution in [1.29, 1.82) is 0 Å². The standard InChI is InChI=1S/C14H20FN/c1-2-13-10-12(3-4-14(13)15)9-11-5-7-16-8-6-11/h3-4,10-11,16H,2,5-9H2,1H3. The molecule has 0 aromatic heterocycles. The third-order valence-electron chi connectivity index (χ3n) is 3.47. The van der Waals surface area contributed by atoms with Crippen molar-refractivity contribution < 1.29 is 4.39 Å². The second-order valence-corrected chi connectivity index (χ2v) is 4.68. The smallest absolute Gasteiger partial charge is 0.126 e. The number of piperidine rings is 1. The van der Waals surface area contributed by atoms with Crippen LogP contribution in [0.15, 0.2) is 18.2 Å². The van der Waals surface area contributed by atoms with Crippen molar-refractivity contribution in [1.82, 2.24) is 5.32 Å². The van der Waals surface area contributed by atoms with E-state index in [-0.39, 0.29) is 5.82 Å². The zero-order valence-electron chi connectivity index (χ0n) is 9.93. The van der Waals surface area contributed by atoms with Gasteiger partial charge in [-0.05, 0) is 61.9 Å². The van der Waals surface area contributed by atoms with Gasteiger partial charge < -0.3 is 5.32 Å². The Morgan fingerprint density at radius 2 is 2.06 bits per heavy atom. The highest BCUT2D eigenvalue weighted by molar-refractivity contribution is 5.25. The van der Waals surface area contributed by atoms with Gasteiger partial charge in [-0.3, -0.25) is 0 Å². The molecule has 1 heterocycles. The topological polar surface area (TPSA) is 12.0 Å². The highest BCUT2D eigenvalue weighted by atomic mass is 19.1. The van der Waals surface area contributed by atoms with Crippen LogP contribution in [0, 0.1) is 11.7 Å². The first-order valence-electron chi connectivity index (χ1n) is 6.27. The normalized spacial score (nSPS) is 17.6. The summed E-state index contributed by atoms with van der Waals surface area (Å²) in [6, 6.07) is 5.60. The quantitative estimate of drug-likeness (QED) is 0.827. The highest BCUT2D eigenvalue weighted by Gasteiger charge is 2.14. The molecule has 0 unspecified atom stereocenters. The molecule has 0 bridgehead atoms. The van der Waals surface area contributed by atoms with Gasteiger partial charge in [-0.1, -0.05) is 19.1 Å². The van der Waals surface area contributed by atoms with Crippen LogP contribution in [-0.4, -0.2) is 13.1 Å². The fraction of sp³-hybridized carbons (Fsp3) is 0.571. The summed E-state index contributed by atoms with van der Waals surface area (Å²) in [5.74, 6) is 0.716. The number of nitrogens with one attached hydrogen (secondary N) is 1. The van der Waals surface area contributed by atoms with Gasteiger partial charge in [0.2, 0.25) is 0 Å². The Morgan fingerprint density at radius 1 is 1.31 bits per heavy atom. The number of hydrogen-bond acceptors (Lipinski definition) is 1. The maximum absolute atomic E-state index is 13.3. The van der Waals surface area contributed by atoms with Gasteiger partial charge in [-0.25, -0.2) is 4.39 Å². The fourth-order valence-electron chi connectivity index (χ4n) is 2.45. The SMILES string of the molecule is CCc1cc(CC2CCNCC2)ccc1F. The lowest BCUT2D eigenvalue weighted by molar-refractivity contribution is 0.372. The van der Waals surface area contributed by atoms with Crippen molar-refractivity contribution >= 4 is 0 Å². The van der Waals surface area contributed by atoms with Crippen LogP contribution in [0.25, 0.3) is 0 Å². The van der Waals surface area contributed by atoms with Crippen LogP contribution in [0.5, 0.6) is 0 Å². The van der Waals surface area contributed by atoms with Gasteiger partial charge in [0.1, 0.15) is 5.82 Å². The van der Waals surface area contributed by atoms with Crippen LogP contribution in [0.2, 0.25) is 0 Å². The third kappa shape index (κ3) is 2.82. The van der Waals surface area contributed by atoms with E-state index in [2.05, 4.69) is 5.32 Å². The van der Waals surface area contributed by atoms with E-state index in [1.807, 2.05) is 19.1 Å². The summed E-state index contributed by atoms with van der Waals surface area (Å²) in [7, 11) is 0. The van der Waals surface area contributed by atoms with Crippen LogP contribution < -0.4 is 5.32 Å². The highest BCUT2D eigenvalue weighted by Crippen LogP contribution is 2.20. The van der Waals surface area contributed by atoms with Crippen molar-refractivity contribution in [3.63, 3.8) is 0 Å². The Morgan fingerprint density at radius 3 is 2.75 bits per heavy atom. The van der Waals surface area contributed by atoms with Crippen molar-refractivity contribution in [2.45, 2.75) is 32.6 Å². The molecule has 1 aromatic carbocycles.